The van der Waals surface area contributed by atoms with Crippen LogP contribution in [0.3, 0.4) is 0 Å². The summed E-state index contributed by atoms with van der Waals surface area (Å²) in [6.07, 6.45) is 0. The van der Waals surface area contributed by atoms with E-state index >= 15 is 0 Å². The number of carbonyl (C=O) groups is 1. The van der Waals surface area contributed by atoms with Gasteiger partial charge in [0.2, 0.25) is 0 Å². The molecule has 1 aromatic heterocycles. The highest BCUT2D eigenvalue weighted by Gasteiger charge is 2.25. The number of para-hydroxylation sites is 1. The van der Waals surface area contributed by atoms with E-state index in [9.17, 15) is 14.4 Å². The van der Waals surface area contributed by atoms with Crippen molar-refractivity contribution in [2.45, 2.75) is 13.5 Å². The van der Waals surface area contributed by atoms with Gasteiger partial charge in [-0.15, -0.1) is 0 Å². The lowest BCUT2D eigenvalue weighted by molar-refractivity contribution is 0.0985. The lowest BCUT2D eigenvalue weighted by Gasteiger charge is -2.24. The number of methoxy groups -OCH3 is 1. The molecule has 3 aromatic rings. The highest BCUT2D eigenvalue weighted by atomic mass is 16.5. The lowest BCUT2D eigenvalue weighted by Crippen LogP contribution is -2.41. The molecule has 2 aromatic carbocycles. The molecule has 0 aliphatic carbocycles. The molecule has 1 amide bonds. The average Bonchev–Trinajstić information content (AvgIpc) is 2.74. The number of aromatic nitrogens is 2. The summed E-state index contributed by atoms with van der Waals surface area (Å²) in [7, 11) is 1.46. The molecule has 0 fully saturated rings. The first kappa shape index (κ1) is 19.9. The van der Waals surface area contributed by atoms with E-state index in [1.165, 1.54) is 16.6 Å². The second kappa shape index (κ2) is 8.47. The first-order valence-electron chi connectivity index (χ1n) is 9.09. The third-order valence-electron chi connectivity index (χ3n) is 4.57. The van der Waals surface area contributed by atoms with Gasteiger partial charge in [0, 0.05) is 6.54 Å². The van der Waals surface area contributed by atoms with Crippen LogP contribution >= 0.6 is 0 Å². The van der Waals surface area contributed by atoms with Gasteiger partial charge in [0.05, 0.1) is 19.2 Å². The van der Waals surface area contributed by atoms with E-state index in [0.717, 1.165) is 5.56 Å². The fourth-order valence-electron chi connectivity index (χ4n) is 3.13. The maximum absolute atomic E-state index is 13.2. The molecule has 150 valence electrons. The molecule has 0 spiro atoms. The molecule has 0 aliphatic rings. The van der Waals surface area contributed by atoms with E-state index in [2.05, 4.69) is 4.98 Å². The minimum absolute atomic E-state index is 0.0704. The molecule has 0 radical (unpaired) electrons. The van der Waals surface area contributed by atoms with Crippen LogP contribution in [0.2, 0.25) is 0 Å². The lowest BCUT2D eigenvalue weighted by atomic mass is 10.1. The van der Waals surface area contributed by atoms with Gasteiger partial charge in [-0.1, -0.05) is 42.5 Å². The first-order valence-corrected chi connectivity index (χ1v) is 9.09. The summed E-state index contributed by atoms with van der Waals surface area (Å²) in [5, 5.41) is 0. The second-order valence-electron chi connectivity index (χ2n) is 6.31. The highest BCUT2D eigenvalue weighted by molar-refractivity contribution is 6.08. The summed E-state index contributed by atoms with van der Waals surface area (Å²) in [5.74, 6) is -0.150. The van der Waals surface area contributed by atoms with Gasteiger partial charge in [-0.3, -0.25) is 19.1 Å². The summed E-state index contributed by atoms with van der Waals surface area (Å²) in [4.78, 5) is 41.6. The fraction of sp³-hybridized carbons (Fsp3) is 0.190. The van der Waals surface area contributed by atoms with Crippen molar-refractivity contribution in [3.05, 3.63) is 86.6 Å². The van der Waals surface area contributed by atoms with E-state index in [0.29, 0.717) is 5.75 Å². The van der Waals surface area contributed by atoms with Gasteiger partial charge >= 0.3 is 5.69 Å². The molecule has 3 rings (SSSR count). The molecule has 8 heteroatoms. The van der Waals surface area contributed by atoms with Gasteiger partial charge < -0.3 is 15.4 Å². The zero-order valence-corrected chi connectivity index (χ0v) is 16.2. The number of benzene rings is 2. The number of hydrogen-bond donors (Lipinski definition) is 2. The molecule has 0 saturated carbocycles. The minimum Gasteiger partial charge on any atom is -0.496 e. The molecule has 29 heavy (non-hydrogen) atoms. The topological polar surface area (TPSA) is 110 Å². The number of nitrogen functional groups attached to an aromatic ring is 1. The number of H-pyrrole nitrogens is 1. The summed E-state index contributed by atoms with van der Waals surface area (Å²) >= 11 is 0. The molecule has 0 atom stereocenters. The Morgan fingerprint density at radius 3 is 2.41 bits per heavy atom. The Kier molecular flexibility index (Phi) is 5.82. The Morgan fingerprint density at radius 2 is 1.76 bits per heavy atom. The number of amides is 1. The van der Waals surface area contributed by atoms with E-state index in [-0.39, 0.29) is 30.2 Å². The van der Waals surface area contributed by atoms with Crippen molar-refractivity contribution >= 4 is 17.4 Å². The highest BCUT2D eigenvalue weighted by Crippen LogP contribution is 2.24. The van der Waals surface area contributed by atoms with Gasteiger partial charge in [0.15, 0.2) is 5.69 Å². The van der Waals surface area contributed by atoms with E-state index < -0.39 is 17.2 Å². The van der Waals surface area contributed by atoms with Gasteiger partial charge in [0.25, 0.3) is 11.5 Å². The summed E-state index contributed by atoms with van der Waals surface area (Å²) in [6, 6.07) is 15.9. The number of anilines is 2. The van der Waals surface area contributed by atoms with Gasteiger partial charge in [-0.05, 0) is 24.6 Å². The molecule has 3 N–H and O–H groups in total. The monoisotopic (exact) mass is 394 g/mol. The number of ether oxygens (including phenoxy) is 1. The number of nitrogens with one attached hydrogen (secondary N) is 1. The van der Waals surface area contributed by atoms with Crippen molar-refractivity contribution in [2.24, 2.45) is 0 Å². The Bertz CT molecular complexity index is 1140. The first-order chi connectivity index (χ1) is 14.0. The summed E-state index contributed by atoms with van der Waals surface area (Å²) in [6.45, 7) is 2.06. The molecule has 0 saturated heterocycles. The fourth-order valence-corrected chi connectivity index (χ4v) is 3.13. The van der Waals surface area contributed by atoms with Crippen LogP contribution in [-0.4, -0.2) is 29.1 Å². The minimum atomic E-state index is -0.720. The molecule has 0 unspecified atom stereocenters. The Morgan fingerprint density at radius 1 is 1.10 bits per heavy atom. The number of nitrogens with two attached hydrogens (primary N) is 1. The van der Waals surface area contributed by atoms with Crippen molar-refractivity contribution < 1.29 is 9.53 Å². The van der Waals surface area contributed by atoms with Crippen LogP contribution in [0.25, 0.3) is 0 Å². The molecular weight excluding hydrogens is 372 g/mol. The normalized spacial score (nSPS) is 10.6. The van der Waals surface area contributed by atoms with Crippen molar-refractivity contribution in [1.82, 2.24) is 9.55 Å². The van der Waals surface area contributed by atoms with Crippen molar-refractivity contribution in [3.63, 3.8) is 0 Å². The zero-order chi connectivity index (χ0) is 21.0. The van der Waals surface area contributed by atoms with Crippen LogP contribution in [0.5, 0.6) is 5.75 Å². The van der Waals surface area contributed by atoms with Crippen molar-refractivity contribution in [1.29, 1.82) is 0 Å². The Labute approximate surface area is 167 Å². The van der Waals surface area contributed by atoms with Crippen LogP contribution in [0.15, 0.2) is 64.2 Å². The van der Waals surface area contributed by atoms with Gasteiger partial charge in [-0.2, -0.15) is 0 Å². The number of hydrogen-bond acceptors (Lipinski definition) is 5. The number of rotatable bonds is 6. The molecule has 1 heterocycles. The van der Waals surface area contributed by atoms with Crippen molar-refractivity contribution in [3.8, 4) is 5.75 Å². The van der Waals surface area contributed by atoms with Crippen LogP contribution < -0.4 is 26.6 Å². The summed E-state index contributed by atoms with van der Waals surface area (Å²) in [5.41, 5.74) is 5.90. The second-order valence-corrected chi connectivity index (χ2v) is 6.31. The Hall–Kier alpha value is -3.81. The smallest absolute Gasteiger partial charge is 0.330 e. The average molecular weight is 394 g/mol. The molecule has 8 nitrogen and oxygen atoms in total. The number of aromatic amines is 1. The number of carbonyl (C=O) groups excluding carboxylic acids is 1. The van der Waals surface area contributed by atoms with Crippen molar-refractivity contribution in [2.75, 3.05) is 24.3 Å². The zero-order valence-electron chi connectivity index (χ0n) is 16.2. The van der Waals surface area contributed by atoms with Gasteiger partial charge in [0.1, 0.15) is 11.6 Å². The van der Waals surface area contributed by atoms with Crippen LogP contribution in [-0.2, 0) is 6.54 Å². The van der Waals surface area contributed by atoms with Crippen LogP contribution in [0, 0.1) is 0 Å². The largest absolute Gasteiger partial charge is 0.496 e. The predicted molar refractivity (Wildman–Crippen MR) is 112 cm³/mol. The quantitative estimate of drug-likeness (QED) is 0.663. The third kappa shape index (κ3) is 3.91. The predicted octanol–water partition coefficient (Wildman–Crippen LogP) is 1.84. The van der Waals surface area contributed by atoms with E-state index in [4.69, 9.17) is 10.5 Å². The van der Waals surface area contributed by atoms with E-state index in [1.807, 2.05) is 30.3 Å². The van der Waals surface area contributed by atoms with Crippen LogP contribution in [0.4, 0.5) is 11.5 Å². The number of nitrogens with zero attached hydrogens (tertiary/aromatic N) is 2. The Balaban J connectivity index is 2.11. The maximum Gasteiger partial charge on any atom is 0.330 e. The maximum atomic E-state index is 13.2. The summed E-state index contributed by atoms with van der Waals surface area (Å²) < 4.78 is 6.50. The van der Waals surface area contributed by atoms with Crippen LogP contribution in [0.1, 0.15) is 22.8 Å². The molecule has 0 aliphatic heterocycles. The third-order valence-corrected chi connectivity index (χ3v) is 4.57. The molecule has 0 bridgehead atoms. The standard InChI is InChI=1S/C21H22N4O4/c1-3-24(20(27)15-11-7-8-12-16(15)29-2)17-18(22)25(21(28)23-19(17)26)13-14-9-5-4-6-10-14/h4-12H,3,13,22H2,1-2H3,(H,23,26,28). The SMILES string of the molecule is CCN(C(=O)c1ccccc1OC)c1c(N)n(Cc2ccccc2)c(=O)[nH]c1=O. The van der Waals surface area contributed by atoms with Gasteiger partial charge in [-0.25, -0.2) is 4.79 Å². The molecular formula is C21H22N4O4. The van der Waals surface area contributed by atoms with E-state index in [1.54, 1.807) is 31.2 Å².